The number of rotatable bonds is 8. The molecule has 7 aromatic carbocycles. The number of benzene rings is 7. The van der Waals surface area contributed by atoms with Crippen LogP contribution < -0.4 is 4.40 Å². The molecule has 0 saturated carbocycles. The Morgan fingerprint density at radius 3 is 2.11 bits per heavy atom. The van der Waals surface area contributed by atoms with Crippen molar-refractivity contribution in [3.63, 3.8) is 0 Å². The third kappa shape index (κ3) is 9.06. The molecule has 0 amide bonds. The number of aromatic nitrogens is 3. The standard InChI is InChI=1S/C41H33N2S.C18H24GeN.Ir/c1-25(2)30-16-10-17-31(26(3)4)38(30)43-39-32-15-9-8-14-28(32)21-23-36(39)42-41(43)35-19-11-18-34-33-22-20-29(24-37(33)44-40(34)35)27-12-6-5-7-13-27;1-13(2)16-11-18(15-9-7-14(3)8-10-15)20-12-17(16)19(4,5)6;/h5-18,20-26H,1-4H3;7-9,11-13H,1-6H3;/q2*-1;/i;3D3,13D;. The van der Waals surface area contributed by atoms with E-state index < -0.39 is 26.0 Å². The second kappa shape index (κ2) is 19.0. The molecule has 0 atom stereocenters. The van der Waals surface area contributed by atoms with E-state index >= 15 is 0 Å². The van der Waals surface area contributed by atoms with Crippen molar-refractivity contribution in [3.05, 3.63) is 180 Å². The van der Waals surface area contributed by atoms with Crippen molar-refractivity contribution in [2.45, 2.75) is 83.4 Å². The van der Waals surface area contributed by atoms with Crippen LogP contribution in [0.4, 0.5) is 0 Å². The predicted octanol–water partition coefficient (Wildman–Crippen LogP) is 16.5. The van der Waals surface area contributed by atoms with Gasteiger partial charge in [-0.1, -0.05) is 130 Å². The van der Waals surface area contributed by atoms with Gasteiger partial charge in [-0.2, -0.15) is 11.3 Å². The van der Waals surface area contributed by atoms with Crippen molar-refractivity contribution in [1.82, 2.24) is 14.5 Å². The van der Waals surface area contributed by atoms with Crippen molar-refractivity contribution in [2.75, 3.05) is 0 Å². The summed E-state index contributed by atoms with van der Waals surface area (Å²) in [6.07, 6.45) is 1.91. The van der Waals surface area contributed by atoms with Crippen LogP contribution in [0.2, 0.25) is 17.3 Å². The van der Waals surface area contributed by atoms with Crippen LogP contribution in [0.25, 0.3) is 81.4 Å². The number of pyridine rings is 1. The summed E-state index contributed by atoms with van der Waals surface area (Å²) in [6.45, 7) is 10.8. The van der Waals surface area contributed by atoms with Gasteiger partial charge in [0.05, 0.1) is 16.9 Å². The largest absolute Gasteiger partial charge is 0 e. The Morgan fingerprint density at radius 1 is 0.692 bits per heavy atom. The van der Waals surface area contributed by atoms with Crippen molar-refractivity contribution in [3.8, 4) is 39.5 Å². The van der Waals surface area contributed by atoms with Gasteiger partial charge in [-0.15, -0.1) is 18.2 Å². The second-order valence-corrected chi connectivity index (χ2v) is 30.3. The van der Waals surface area contributed by atoms with Gasteiger partial charge < -0.3 is 4.57 Å². The summed E-state index contributed by atoms with van der Waals surface area (Å²) in [5, 5.41) is 4.97. The number of fused-ring (bicyclic) bond motifs is 6. The molecule has 0 aliphatic rings. The number of thiophene rings is 1. The van der Waals surface area contributed by atoms with E-state index in [1.54, 1.807) is 12.1 Å². The zero-order valence-corrected chi connectivity index (χ0v) is 43.9. The predicted molar refractivity (Wildman–Crippen MR) is 280 cm³/mol. The fourth-order valence-corrected chi connectivity index (χ4v) is 13.5. The summed E-state index contributed by atoms with van der Waals surface area (Å²) in [7, 11) is 0. The van der Waals surface area contributed by atoms with Gasteiger partial charge >= 0.3 is 131 Å². The molecule has 3 aromatic heterocycles. The van der Waals surface area contributed by atoms with Crippen LogP contribution in [-0.4, -0.2) is 27.8 Å². The van der Waals surface area contributed by atoms with E-state index in [1.165, 1.54) is 69.3 Å². The molecule has 329 valence electrons. The summed E-state index contributed by atoms with van der Waals surface area (Å²) in [4.78, 5) is 10.0. The molecule has 0 bridgehead atoms. The first-order valence-electron chi connectivity index (χ1n) is 24.3. The Morgan fingerprint density at radius 2 is 1.43 bits per heavy atom. The first-order valence-corrected chi connectivity index (χ1v) is 30.5. The molecule has 0 unspecified atom stereocenters. The number of para-hydroxylation sites is 1. The Kier molecular flexibility index (Phi) is 12.0. The SMILES string of the molecule is CC(C)c1cccc(C(C)C)c1-n1c(-c2[c-]ccc3c2sc2cc(-c4ccccc4)ccc23)nc2ccc3ccccc3c21.[2H]C([2H])([2H])c1c[c-]c(-c2cc(C([2H])(C)C)[c]([Ge]([CH3])([CH3])[CH3])cn2)cc1.[Ir]. The van der Waals surface area contributed by atoms with Gasteiger partial charge in [0.25, 0.3) is 0 Å². The maximum atomic E-state index is 8.49. The third-order valence-electron chi connectivity index (χ3n) is 12.2. The van der Waals surface area contributed by atoms with Crippen LogP contribution in [0.3, 0.4) is 0 Å². The molecule has 0 fully saturated rings. The van der Waals surface area contributed by atoms with E-state index in [2.05, 4.69) is 182 Å². The van der Waals surface area contributed by atoms with Crippen LogP contribution >= 0.6 is 11.3 Å². The number of hydrogen-bond donors (Lipinski definition) is 0. The van der Waals surface area contributed by atoms with Gasteiger partial charge in [-0.3, -0.25) is 4.98 Å². The zero-order chi connectivity index (χ0) is 48.3. The minimum absolute atomic E-state index is 0. The molecule has 10 rings (SSSR count). The van der Waals surface area contributed by atoms with E-state index in [0.29, 0.717) is 11.8 Å². The van der Waals surface area contributed by atoms with E-state index in [-0.39, 0.29) is 25.7 Å². The summed E-state index contributed by atoms with van der Waals surface area (Å²) >= 11 is -0.295. The third-order valence-corrected chi connectivity index (χ3v) is 17.6. The Balaban J connectivity index is 0.000000219. The maximum Gasteiger partial charge on any atom is 0 e. The van der Waals surface area contributed by atoms with E-state index in [0.717, 1.165) is 39.2 Å². The first-order chi connectivity index (χ1) is 32.3. The minimum Gasteiger partial charge on any atom is 0 e. The van der Waals surface area contributed by atoms with Gasteiger partial charge in [-0.25, -0.2) is 0 Å². The summed E-state index contributed by atoms with van der Waals surface area (Å²) < 4.78 is 37.0. The van der Waals surface area contributed by atoms with Gasteiger partial charge in [0.15, 0.2) is 0 Å². The molecule has 0 aliphatic heterocycles. The molecular weight excluding hydrogens is 1050 g/mol. The average Bonchev–Trinajstić information content (AvgIpc) is 3.89. The van der Waals surface area contributed by atoms with Crippen molar-refractivity contribution in [2.24, 2.45) is 0 Å². The van der Waals surface area contributed by atoms with E-state index in [1.807, 2.05) is 37.4 Å². The molecule has 6 heteroatoms. The molecule has 0 saturated heterocycles. The molecule has 0 N–H and O–H groups in total. The zero-order valence-electron chi connectivity index (χ0n) is 42.6. The minimum atomic E-state index is -2.14. The van der Waals surface area contributed by atoms with Gasteiger partial charge in [-0.05, 0) is 61.7 Å². The number of imidazole rings is 1. The van der Waals surface area contributed by atoms with Crippen LogP contribution in [0.15, 0.2) is 146 Å². The molecular formula is C59H57GeIrN3S-2. The summed E-state index contributed by atoms with van der Waals surface area (Å²) in [5.74, 6) is 7.83. The Labute approximate surface area is 411 Å². The molecule has 0 aliphatic carbocycles. The van der Waals surface area contributed by atoms with E-state index in [4.69, 9.17) is 10.5 Å². The number of nitrogens with zero attached hydrogens (tertiary/aromatic N) is 3. The first kappa shape index (κ1) is 41.3. The number of hydrogen-bond acceptors (Lipinski definition) is 3. The van der Waals surface area contributed by atoms with Crippen LogP contribution in [0, 0.1) is 19.0 Å². The topological polar surface area (TPSA) is 30.7 Å². The summed E-state index contributed by atoms with van der Waals surface area (Å²) in [6, 6.07) is 55.2. The monoisotopic (exact) mass is 1110 g/mol. The van der Waals surface area contributed by atoms with Crippen molar-refractivity contribution < 1.29 is 25.6 Å². The number of aryl methyl sites for hydroxylation is 1. The fraction of sp³-hybridized carbons (Fsp3) is 0.220. The average molecular weight is 1110 g/mol. The van der Waals surface area contributed by atoms with Gasteiger partial charge in [0, 0.05) is 35.9 Å². The Hall–Kier alpha value is -5.17. The van der Waals surface area contributed by atoms with Crippen LogP contribution in [0.5, 0.6) is 0 Å². The Bertz CT molecular complexity index is 3440. The van der Waals surface area contributed by atoms with Crippen molar-refractivity contribution in [1.29, 1.82) is 0 Å². The molecule has 0 spiro atoms. The fourth-order valence-electron chi connectivity index (χ4n) is 8.91. The normalized spacial score (nSPS) is 13.1. The molecule has 3 heterocycles. The molecule has 1 radical (unpaired) electrons. The smallest absolute Gasteiger partial charge is 0 e. The van der Waals surface area contributed by atoms with Crippen LogP contribution in [0.1, 0.15) is 87.0 Å². The maximum absolute atomic E-state index is 8.49. The van der Waals surface area contributed by atoms with Crippen LogP contribution in [-0.2, 0) is 20.1 Å². The van der Waals surface area contributed by atoms with Crippen molar-refractivity contribution >= 4 is 71.0 Å². The summed E-state index contributed by atoms with van der Waals surface area (Å²) in [5.41, 5.74) is 12.4. The van der Waals surface area contributed by atoms with Gasteiger partial charge in [0.2, 0.25) is 0 Å². The van der Waals surface area contributed by atoms with Gasteiger partial charge in [0.1, 0.15) is 0 Å². The quantitative estimate of drug-likeness (QED) is 0.112. The molecule has 10 aromatic rings. The molecule has 65 heavy (non-hydrogen) atoms. The molecule has 3 nitrogen and oxygen atoms in total. The van der Waals surface area contributed by atoms with E-state index in [9.17, 15) is 0 Å². The second-order valence-electron chi connectivity index (χ2n) is 18.7.